The van der Waals surface area contributed by atoms with Crippen LogP contribution in [0.5, 0.6) is 5.75 Å². The fourth-order valence-corrected chi connectivity index (χ4v) is 4.82. The van der Waals surface area contributed by atoms with Crippen LogP contribution < -0.4 is 10.5 Å². The molecule has 148 valence electrons. The number of hydrogen-bond acceptors (Lipinski definition) is 6. The zero-order chi connectivity index (χ0) is 20.5. The second kappa shape index (κ2) is 7.72. The molecular weight excluding hydrogens is 391 g/mol. The van der Waals surface area contributed by atoms with Gasteiger partial charge in [0.1, 0.15) is 35.6 Å². The Hall–Kier alpha value is -3.11. The van der Waals surface area contributed by atoms with Crippen LogP contribution in [-0.4, -0.2) is 5.78 Å². The number of halogens is 1. The number of rotatable bonds is 4. The fourth-order valence-electron chi connectivity index (χ4n) is 3.66. The van der Waals surface area contributed by atoms with Crippen LogP contribution in [0.4, 0.5) is 4.39 Å². The molecule has 1 aromatic carbocycles. The second-order valence-electron chi connectivity index (χ2n) is 7.01. The van der Waals surface area contributed by atoms with Gasteiger partial charge in [-0.25, -0.2) is 4.39 Å². The molecule has 1 aromatic heterocycles. The van der Waals surface area contributed by atoms with Crippen molar-refractivity contribution < 1.29 is 18.7 Å². The minimum absolute atomic E-state index is 0.00617. The second-order valence-corrected chi connectivity index (χ2v) is 8.30. The minimum atomic E-state index is -0.500. The maximum Gasteiger partial charge on any atom is 0.205 e. The van der Waals surface area contributed by atoms with E-state index in [1.807, 2.05) is 13.0 Å². The average molecular weight is 410 g/mol. The first-order chi connectivity index (χ1) is 14.0. The Morgan fingerprint density at radius 2 is 2.10 bits per heavy atom. The van der Waals surface area contributed by atoms with E-state index in [1.165, 1.54) is 23.5 Å². The summed E-state index contributed by atoms with van der Waals surface area (Å²) in [6, 6.07) is 9.93. The Balaban J connectivity index is 1.66. The van der Waals surface area contributed by atoms with Crippen molar-refractivity contribution in [2.24, 2.45) is 5.73 Å². The third-order valence-electron chi connectivity index (χ3n) is 5.14. The summed E-state index contributed by atoms with van der Waals surface area (Å²) in [5.41, 5.74) is 7.77. The predicted molar refractivity (Wildman–Crippen MR) is 106 cm³/mol. The van der Waals surface area contributed by atoms with Gasteiger partial charge in [0.05, 0.1) is 5.92 Å². The topological polar surface area (TPSA) is 85.3 Å². The lowest BCUT2D eigenvalue weighted by atomic mass is 9.80. The molecule has 0 radical (unpaired) electrons. The van der Waals surface area contributed by atoms with E-state index in [1.54, 1.807) is 12.1 Å². The van der Waals surface area contributed by atoms with Crippen molar-refractivity contribution in [2.45, 2.75) is 38.7 Å². The van der Waals surface area contributed by atoms with E-state index in [4.69, 9.17) is 15.2 Å². The first kappa shape index (κ1) is 19.2. The number of ketones is 1. The highest BCUT2D eigenvalue weighted by Gasteiger charge is 2.38. The van der Waals surface area contributed by atoms with Gasteiger partial charge in [-0.3, -0.25) is 4.79 Å². The van der Waals surface area contributed by atoms with Crippen LogP contribution in [0.25, 0.3) is 0 Å². The molecular formula is C22H19FN2O3S. The molecule has 0 amide bonds. The first-order valence-corrected chi connectivity index (χ1v) is 10.1. The van der Waals surface area contributed by atoms with Crippen LogP contribution in [0.3, 0.4) is 0 Å². The van der Waals surface area contributed by atoms with E-state index in [-0.39, 0.29) is 23.1 Å². The quantitative estimate of drug-likeness (QED) is 0.797. The molecule has 0 saturated carbocycles. The number of carbonyl (C=O) groups excluding carboxylic acids is 1. The van der Waals surface area contributed by atoms with Crippen LogP contribution in [-0.2, 0) is 16.1 Å². The van der Waals surface area contributed by atoms with Crippen molar-refractivity contribution in [3.8, 4) is 11.8 Å². The van der Waals surface area contributed by atoms with Gasteiger partial charge in [-0.2, -0.15) is 5.26 Å². The molecule has 1 atom stereocenters. The normalized spacial score (nSPS) is 18.9. The molecule has 5 nitrogen and oxygen atoms in total. The highest BCUT2D eigenvalue weighted by atomic mass is 32.1. The summed E-state index contributed by atoms with van der Waals surface area (Å²) in [5, 5.41) is 9.67. The lowest BCUT2D eigenvalue weighted by Gasteiger charge is -2.30. The largest absolute Gasteiger partial charge is 0.489 e. The zero-order valence-corrected chi connectivity index (χ0v) is 16.6. The van der Waals surface area contributed by atoms with Crippen LogP contribution in [0, 0.1) is 24.1 Å². The van der Waals surface area contributed by atoms with Gasteiger partial charge in [-0.1, -0.05) is 0 Å². The SMILES string of the molecule is Cc1sc([C@@H]2C(C#N)=C(N)OC3=C2C(=O)CCC3)cc1COc1ccc(F)cc1. The summed E-state index contributed by atoms with van der Waals surface area (Å²) in [5.74, 6) is 0.407. The molecule has 2 aliphatic rings. The first-order valence-electron chi connectivity index (χ1n) is 9.29. The molecule has 1 aliphatic heterocycles. The van der Waals surface area contributed by atoms with E-state index in [2.05, 4.69) is 6.07 Å². The summed E-state index contributed by atoms with van der Waals surface area (Å²) in [6.07, 6.45) is 1.81. The van der Waals surface area contributed by atoms with Gasteiger partial charge in [-0.05, 0) is 43.7 Å². The molecule has 2 heterocycles. The van der Waals surface area contributed by atoms with E-state index in [9.17, 15) is 14.4 Å². The number of ether oxygens (including phenoxy) is 2. The van der Waals surface area contributed by atoms with Gasteiger partial charge in [0.25, 0.3) is 0 Å². The lowest BCUT2D eigenvalue weighted by molar-refractivity contribution is -0.116. The average Bonchev–Trinajstić information content (AvgIpc) is 3.07. The molecule has 0 fully saturated rings. The van der Waals surface area contributed by atoms with Crippen LogP contribution in [0.1, 0.15) is 40.5 Å². The summed E-state index contributed by atoms with van der Waals surface area (Å²) in [4.78, 5) is 14.5. The van der Waals surface area contributed by atoms with Crippen molar-refractivity contribution in [2.75, 3.05) is 0 Å². The number of aryl methyl sites for hydroxylation is 1. The van der Waals surface area contributed by atoms with Crippen LogP contribution in [0.15, 0.2) is 53.1 Å². The molecule has 0 bridgehead atoms. The smallest absolute Gasteiger partial charge is 0.205 e. The third-order valence-corrected chi connectivity index (χ3v) is 6.29. The van der Waals surface area contributed by atoms with Gasteiger partial charge in [0.2, 0.25) is 5.88 Å². The van der Waals surface area contributed by atoms with Gasteiger partial charge in [-0.15, -0.1) is 11.3 Å². The maximum atomic E-state index is 13.1. The number of nitriles is 1. The van der Waals surface area contributed by atoms with Crippen LogP contribution >= 0.6 is 11.3 Å². The summed E-state index contributed by atoms with van der Waals surface area (Å²) < 4.78 is 24.4. The van der Waals surface area contributed by atoms with E-state index >= 15 is 0 Å². The fraction of sp³-hybridized carbons (Fsp3) is 0.273. The molecule has 0 unspecified atom stereocenters. The number of thiophene rings is 1. The summed E-state index contributed by atoms with van der Waals surface area (Å²) >= 11 is 1.51. The molecule has 4 rings (SSSR count). The molecule has 0 spiro atoms. The standard InChI is InChI=1S/C22H19FN2O3S/c1-12-13(11-27-15-7-5-14(23)6-8-15)9-19(29-12)20-16(10-24)22(25)28-18-4-2-3-17(26)21(18)20/h5-9,20H,2-4,11,25H2,1H3/t20-/m0/s1. The Labute approximate surface area is 171 Å². The number of Topliss-reactive ketones (excluding diaryl/α,β-unsaturated/α-hetero) is 1. The Morgan fingerprint density at radius 1 is 1.34 bits per heavy atom. The Kier molecular flexibility index (Phi) is 5.12. The molecule has 2 aromatic rings. The number of allylic oxidation sites excluding steroid dienone is 3. The highest BCUT2D eigenvalue weighted by molar-refractivity contribution is 7.12. The molecule has 0 saturated heterocycles. The van der Waals surface area contributed by atoms with Gasteiger partial charge in [0.15, 0.2) is 5.78 Å². The molecule has 7 heteroatoms. The van der Waals surface area contributed by atoms with E-state index in [0.717, 1.165) is 21.7 Å². The predicted octanol–water partition coefficient (Wildman–Crippen LogP) is 4.59. The van der Waals surface area contributed by atoms with Crippen molar-refractivity contribution in [1.82, 2.24) is 0 Å². The highest BCUT2D eigenvalue weighted by Crippen LogP contribution is 2.45. The zero-order valence-electron chi connectivity index (χ0n) is 15.8. The van der Waals surface area contributed by atoms with E-state index in [0.29, 0.717) is 36.5 Å². The number of nitrogens with two attached hydrogens (primary N) is 1. The lowest BCUT2D eigenvalue weighted by Crippen LogP contribution is -2.27. The number of hydrogen-bond donors (Lipinski definition) is 1. The van der Waals surface area contributed by atoms with Crippen molar-refractivity contribution in [1.29, 1.82) is 5.26 Å². The Morgan fingerprint density at radius 3 is 2.83 bits per heavy atom. The van der Waals surface area contributed by atoms with Crippen LogP contribution in [0.2, 0.25) is 0 Å². The maximum absolute atomic E-state index is 13.1. The number of benzene rings is 1. The molecule has 29 heavy (non-hydrogen) atoms. The minimum Gasteiger partial charge on any atom is -0.489 e. The number of nitrogens with zero attached hydrogens (tertiary/aromatic N) is 1. The van der Waals surface area contributed by atoms with Gasteiger partial charge >= 0.3 is 0 Å². The Bertz CT molecular complexity index is 1080. The van der Waals surface area contributed by atoms with Crippen molar-refractivity contribution >= 4 is 17.1 Å². The number of carbonyl (C=O) groups is 1. The van der Waals surface area contributed by atoms with Crippen molar-refractivity contribution in [3.05, 3.63) is 74.3 Å². The third kappa shape index (κ3) is 3.64. The van der Waals surface area contributed by atoms with Gasteiger partial charge in [0, 0.05) is 33.7 Å². The summed E-state index contributed by atoms with van der Waals surface area (Å²) in [6.45, 7) is 2.27. The summed E-state index contributed by atoms with van der Waals surface area (Å²) in [7, 11) is 0. The monoisotopic (exact) mass is 410 g/mol. The molecule has 2 N–H and O–H groups in total. The van der Waals surface area contributed by atoms with E-state index < -0.39 is 5.92 Å². The van der Waals surface area contributed by atoms with Gasteiger partial charge < -0.3 is 15.2 Å². The molecule has 1 aliphatic carbocycles. The van der Waals surface area contributed by atoms with Crippen molar-refractivity contribution in [3.63, 3.8) is 0 Å².